The van der Waals surface area contributed by atoms with Crippen molar-refractivity contribution in [2.24, 2.45) is 0 Å². The molecule has 1 aromatic heterocycles. The highest BCUT2D eigenvalue weighted by atomic mass is 16.5. The van der Waals surface area contributed by atoms with Crippen LogP contribution in [-0.2, 0) is 4.74 Å². The van der Waals surface area contributed by atoms with Crippen LogP contribution in [0.25, 0.3) is 0 Å². The summed E-state index contributed by atoms with van der Waals surface area (Å²) in [4.78, 5) is 8.90. The Morgan fingerprint density at radius 2 is 1.96 bits per heavy atom. The maximum atomic E-state index is 10.5. The molecule has 1 aromatic rings. The first-order valence-electron chi connectivity index (χ1n) is 10.0. The maximum Gasteiger partial charge on any atom is 0.224 e. The zero-order chi connectivity index (χ0) is 19.3. The minimum Gasteiger partial charge on any atom is -0.390 e. The van der Waals surface area contributed by atoms with Crippen LogP contribution in [0.2, 0.25) is 0 Å². The van der Waals surface area contributed by atoms with Crippen molar-refractivity contribution in [1.82, 2.24) is 9.97 Å². The molecule has 0 spiro atoms. The molecule has 2 aliphatic carbocycles. The van der Waals surface area contributed by atoms with Gasteiger partial charge in [0.15, 0.2) is 0 Å². The molecule has 148 valence electrons. The number of rotatable bonds is 5. The van der Waals surface area contributed by atoms with E-state index in [0.29, 0.717) is 35.9 Å². The molecule has 0 aliphatic heterocycles. The second-order valence-electron chi connectivity index (χ2n) is 8.21. The minimum absolute atomic E-state index is 0.106. The van der Waals surface area contributed by atoms with Gasteiger partial charge in [0.25, 0.3) is 0 Å². The molecule has 2 saturated carbocycles. The van der Waals surface area contributed by atoms with Crippen LogP contribution in [0.1, 0.15) is 70.3 Å². The number of nitriles is 1. The van der Waals surface area contributed by atoms with Crippen molar-refractivity contribution in [3.8, 4) is 6.07 Å². The maximum absolute atomic E-state index is 10.5. The van der Waals surface area contributed by atoms with Crippen LogP contribution in [-0.4, -0.2) is 46.0 Å². The Kier molecular flexibility index (Phi) is 6.51. The number of aromatic nitrogens is 2. The first kappa shape index (κ1) is 19.8. The lowest BCUT2D eigenvalue weighted by Crippen LogP contribution is -2.32. The fourth-order valence-corrected chi connectivity index (χ4v) is 4.22. The van der Waals surface area contributed by atoms with Gasteiger partial charge in [0.1, 0.15) is 17.5 Å². The predicted octanol–water partition coefficient (Wildman–Crippen LogP) is 3.21. The second kappa shape index (κ2) is 8.85. The first-order chi connectivity index (χ1) is 13.0. The Bertz CT molecular complexity index is 665. The summed E-state index contributed by atoms with van der Waals surface area (Å²) in [5.74, 6) is 1.11. The zero-order valence-corrected chi connectivity index (χ0v) is 16.4. The molecule has 0 aromatic carbocycles. The predicted molar refractivity (Wildman–Crippen MR) is 105 cm³/mol. The molecule has 0 radical (unpaired) electrons. The van der Waals surface area contributed by atoms with Crippen LogP contribution >= 0.6 is 0 Å². The Labute approximate surface area is 161 Å². The molecule has 3 N–H and O–H groups in total. The molecule has 3 rings (SSSR count). The number of ether oxygens (including phenoxy) is 1. The van der Waals surface area contributed by atoms with E-state index in [4.69, 9.17) is 4.74 Å². The SMILES string of the molecule is COC1CCC(Nc2ncc(C#N)c(N[C@H]3CCCC[C@@](C)(O)C3)n2)CC1. The molecule has 2 atom stereocenters. The summed E-state index contributed by atoms with van der Waals surface area (Å²) in [5, 5.41) is 26.7. The van der Waals surface area contributed by atoms with Crippen molar-refractivity contribution in [1.29, 1.82) is 5.26 Å². The molecule has 2 fully saturated rings. The molecule has 0 unspecified atom stereocenters. The lowest BCUT2D eigenvalue weighted by Gasteiger charge is -2.28. The van der Waals surface area contributed by atoms with Crippen molar-refractivity contribution in [2.45, 2.75) is 88.5 Å². The third-order valence-corrected chi connectivity index (χ3v) is 5.79. The van der Waals surface area contributed by atoms with Gasteiger partial charge in [0.05, 0.1) is 17.9 Å². The number of anilines is 2. The van der Waals surface area contributed by atoms with Gasteiger partial charge in [-0.15, -0.1) is 0 Å². The number of nitrogens with zero attached hydrogens (tertiary/aromatic N) is 3. The van der Waals surface area contributed by atoms with Crippen molar-refractivity contribution >= 4 is 11.8 Å². The van der Waals surface area contributed by atoms with Crippen LogP contribution in [0, 0.1) is 11.3 Å². The third-order valence-electron chi connectivity index (χ3n) is 5.79. The third kappa shape index (κ3) is 5.53. The van der Waals surface area contributed by atoms with Gasteiger partial charge in [-0.05, 0) is 51.9 Å². The van der Waals surface area contributed by atoms with Crippen LogP contribution in [0.5, 0.6) is 0 Å². The van der Waals surface area contributed by atoms with Crippen molar-refractivity contribution < 1.29 is 9.84 Å². The van der Waals surface area contributed by atoms with Gasteiger partial charge in [-0.3, -0.25) is 0 Å². The number of hydrogen-bond donors (Lipinski definition) is 3. The highest BCUT2D eigenvalue weighted by Crippen LogP contribution is 2.29. The molecule has 7 heteroatoms. The number of hydrogen-bond acceptors (Lipinski definition) is 7. The van der Waals surface area contributed by atoms with Gasteiger partial charge in [-0.1, -0.05) is 12.8 Å². The monoisotopic (exact) mass is 373 g/mol. The quantitative estimate of drug-likeness (QED) is 0.681. The van der Waals surface area contributed by atoms with E-state index in [1.807, 2.05) is 6.92 Å². The van der Waals surface area contributed by atoms with Crippen LogP contribution in [0.3, 0.4) is 0 Å². The summed E-state index contributed by atoms with van der Waals surface area (Å²) in [6, 6.07) is 2.61. The smallest absolute Gasteiger partial charge is 0.224 e. The number of nitrogens with one attached hydrogen (secondary N) is 2. The molecule has 1 heterocycles. The number of methoxy groups -OCH3 is 1. The fourth-order valence-electron chi connectivity index (χ4n) is 4.22. The molecule has 0 bridgehead atoms. The van der Waals surface area contributed by atoms with Crippen LogP contribution in [0.15, 0.2) is 6.20 Å². The van der Waals surface area contributed by atoms with E-state index in [-0.39, 0.29) is 6.04 Å². The van der Waals surface area contributed by atoms with Gasteiger partial charge in [-0.25, -0.2) is 4.98 Å². The summed E-state index contributed by atoms with van der Waals surface area (Å²) < 4.78 is 5.43. The molecular weight excluding hydrogens is 342 g/mol. The average molecular weight is 374 g/mol. The van der Waals surface area contributed by atoms with E-state index in [1.165, 1.54) is 0 Å². The van der Waals surface area contributed by atoms with Gasteiger partial charge in [0, 0.05) is 19.2 Å². The summed E-state index contributed by atoms with van der Waals surface area (Å²) in [6.45, 7) is 1.89. The van der Waals surface area contributed by atoms with Crippen molar-refractivity contribution in [3.05, 3.63) is 11.8 Å². The second-order valence-corrected chi connectivity index (χ2v) is 8.21. The van der Waals surface area contributed by atoms with Gasteiger partial charge in [-0.2, -0.15) is 10.2 Å². The lowest BCUT2D eigenvalue weighted by molar-refractivity contribution is 0.0420. The highest BCUT2D eigenvalue weighted by molar-refractivity contribution is 5.54. The fraction of sp³-hybridized carbons (Fsp3) is 0.750. The Hall–Kier alpha value is -1.91. The zero-order valence-electron chi connectivity index (χ0n) is 16.4. The normalized spacial score (nSPS) is 31.6. The Balaban J connectivity index is 1.67. The van der Waals surface area contributed by atoms with E-state index in [0.717, 1.165) is 51.4 Å². The first-order valence-corrected chi connectivity index (χ1v) is 10.0. The molecule has 27 heavy (non-hydrogen) atoms. The van der Waals surface area contributed by atoms with Gasteiger partial charge in [0.2, 0.25) is 5.95 Å². The van der Waals surface area contributed by atoms with E-state index >= 15 is 0 Å². The summed E-state index contributed by atoms with van der Waals surface area (Å²) in [6.07, 6.45) is 10.6. The minimum atomic E-state index is -0.672. The van der Waals surface area contributed by atoms with E-state index < -0.39 is 5.60 Å². The lowest BCUT2D eigenvalue weighted by atomic mass is 9.93. The van der Waals surface area contributed by atoms with Crippen LogP contribution < -0.4 is 10.6 Å². The number of aliphatic hydroxyl groups is 1. The van der Waals surface area contributed by atoms with E-state index in [1.54, 1.807) is 13.3 Å². The molecule has 7 nitrogen and oxygen atoms in total. The Morgan fingerprint density at radius 3 is 2.67 bits per heavy atom. The molecular formula is C20H31N5O2. The van der Waals surface area contributed by atoms with E-state index in [9.17, 15) is 10.4 Å². The van der Waals surface area contributed by atoms with Crippen molar-refractivity contribution in [2.75, 3.05) is 17.7 Å². The van der Waals surface area contributed by atoms with Gasteiger partial charge < -0.3 is 20.5 Å². The van der Waals surface area contributed by atoms with Crippen LogP contribution in [0.4, 0.5) is 11.8 Å². The molecule has 0 saturated heterocycles. The van der Waals surface area contributed by atoms with Crippen molar-refractivity contribution in [3.63, 3.8) is 0 Å². The summed E-state index contributed by atoms with van der Waals surface area (Å²) in [7, 11) is 1.77. The highest BCUT2D eigenvalue weighted by Gasteiger charge is 2.29. The topological polar surface area (TPSA) is 103 Å². The standard InChI is InChI=1S/C20H31N5O2/c1-20(26)10-4-3-5-16(11-20)23-18-14(12-21)13-22-19(25-18)24-15-6-8-17(27-2)9-7-15/h13,15-17,26H,3-11H2,1-2H3,(H2,22,23,24,25)/t15?,16-,17?,20+/m0/s1. The van der Waals surface area contributed by atoms with E-state index in [2.05, 4.69) is 26.7 Å². The average Bonchev–Trinajstić information content (AvgIpc) is 2.82. The van der Waals surface area contributed by atoms with Gasteiger partial charge >= 0.3 is 0 Å². The summed E-state index contributed by atoms with van der Waals surface area (Å²) >= 11 is 0. The molecule has 0 amide bonds. The molecule has 2 aliphatic rings. The summed E-state index contributed by atoms with van der Waals surface area (Å²) in [5.41, 5.74) is -0.234. The Morgan fingerprint density at radius 1 is 1.19 bits per heavy atom. The largest absolute Gasteiger partial charge is 0.390 e.